The Bertz CT molecular complexity index is 514. The molecule has 1 N–H and O–H groups in total. The molecule has 2 rings (SSSR count). The third-order valence-electron chi connectivity index (χ3n) is 2.95. The average Bonchev–Trinajstić information content (AvgIpc) is 2.80. The molecular formula is C13H19BrN4O. The van der Waals surface area contributed by atoms with Crippen molar-refractivity contribution < 1.29 is 4.74 Å². The Balaban J connectivity index is 1.77. The van der Waals surface area contributed by atoms with E-state index in [1.165, 1.54) is 12.8 Å². The topological polar surface area (TPSA) is 51.5 Å². The Morgan fingerprint density at radius 3 is 3.00 bits per heavy atom. The number of nitrogens with zero attached hydrogens (tertiary/aromatic N) is 3. The van der Waals surface area contributed by atoms with Gasteiger partial charge in [0.15, 0.2) is 5.65 Å². The molecule has 0 aliphatic rings. The molecule has 6 heteroatoms. The summed E-state index contributed by atoms with van der Waals surface area (Å²) in [4.78, 5) is 8.48. The number of hydrogen-bond acceptors (Lipinski definition) is 4. The highest BCUT2D eigenvalue weighted by Gasteiger charge is 2.03. The summed E-state index contributed by atoms with van der Waals surface area (Å²) in [5.41, 5.74) is 2.02. The van der Waals surface area contributed by atoms with Gasteiger partial charge in [0.2, 0.25) is 0 Å². The standard InChI is InChI=1S/C13H19BrN4O/c1-19-6-4-2-3-5-15-7-11-8-17-13-9-16-12(14)10-18(11)13/h8-10,15H,2-7H2,1H3. The van der Waals surface area contributed by atoms with Gasteiger partial charge in [0.25, 0.3) is 0 Å². The largest absolute Gasteiger partial charge is 0.385 e. The minimum absolute atomic E-state index is 0.818. The molecule has 2 aromatic rings. The normalized spacial score (nSPS) is 11.3. The fourth-order valence-corrected chi connectivity index (χ4v) is 2.24. The van der Waals surface area contributed by atoms with E-state index in [-0.39, 0.29) is 0 Å². The van der Waals surface area contributed by atoms with E-state index >= 15 is 0 Å². The Kier molecular flexibility index (Phi) is 5.75. The Labute approximate surface area is 121 Å². The monoisotopic (exact) mass is 326 g/mol. The summed E-state index contributed by atoms with van der Waals surface area (Å²) in [6.45, 7) is 2.69. The van der Waals surface area contributed by atoms with Gasteiger partial charge in [-0.1, -0.05) is 0 Å². The van der Waals surface area contributed by atoms with Crippen LogP contribution in [-0.4, -0.2) is 34.6 Å². The van der Waals surface area contributed by atoms with Gasteiger partial charge in [-0.2, -0.15) is 0 Å². The van der Waals surface area contributed by atoms with Gasteiger partial charge >= 0.3 is 0 Å². The van der Waals surface area contributed by atoms with Crippen LogP contribution in [0.15, 0.2) is 23.2 Å². The third kappa shape index (κ3) is 4.26. The van der Waals surface area contributed by atoms with E-state index < -0.39 is 0 Å². The van der Waals surface area contributed by atoms with Crippen LogP contribution in [0, 0.1) is 0 Å². The summed E-state index contributed by atoms with van der Waals surface area (Å²) in [6.07, 6.45) is 9.10. The minimum Gasteiger partial charge on any atom is -0.385 e. The first-order valence-electron chi connectivity index (χ1n) is 6.48. The van der Waals surface area contributed by atoms with E-state index in [4.69, 9.17) is 4.74 Å². The number of halogens is 1. The lowest BCUT2D eigenvalue weighted by Gasteiger charge is -2.05. The molecule has 0 aliphatic carbocycles. The molecule has 0 bridgehead atoms. The number of unbranched alkanes of at least 4 members (excludes halogenated alkanes) is 2. The van der Waals surface area contributed by atoms with Crippen LogP contribution in [-0.2, 0) is 11.3 Å². The summed E-state index contributed by atoms with van der Waals surface area (Å²) < 4.78 is 7.89. The molecule has 0 amide bonds. The fraction of sp³-hybridized carbons (Fsp3) is 0.538. The molecule has 2 aromatic heterocycles. The van der Waals surface area contributed by atoms with Gasteiger partial charge in [-0.25, -0.2) is 9.97 Å². The van der Waals surface area contributed by atoms with E-state index in [1.807, 2.05) is 12.4 Å². The van der Waals surface area contributed by atoms with Gasteiger partial charge in [0, 0.05) is 26.5 Å². The lowest BCUT2D eigenvalue weighted by molar-refractivity contribution is 0.192. The molecular weight excluding hydrogens is 308 g/mol. The first kappa shape index (κ1) is 14.4. The highest BCUT2D eigenvalue weighted by atomic mass is 79.9. The lowest BCUT2D eigenvalue weighted by atomic mass is 10.2. The summed E-state index contributed by atoms with van der Waals surface area (Å²) >= 11 is 3.38. The van der Waals surface area contributed by atoms with Crippen molar-refractivity contribution in [1.82, 2.24) is 19.7 Å². The van der Waals surface area contributed by atoms with E-state index in [9.17, 15) is 0 Å². The van der Waals surface area contributed by atoms with Gasteiger partial charge in [0.1, 0.15) is 4.60 Å². The fourth-order valence-electron chi connectivity index (χ4n) is 1.94. The zero-order valence-corrected chi connectivity index (χ0v) is 12.7. The number of nitrogens with one attached hydrogen (secondary N) is 1. The maximum absolute atomic E-state index is 5.02. The lowest BCUT2D eigenvalue weighted by Crippen LogP contribution is -2.16. The zero-order valence-electron chi connectivity index (χ0n) is 11.1. The van der Waals surface area contributed by atoms with Crippen LogP contribution < -0.4 is 5.32 Å². The van der Waals surface area contributed by atoms with Crippen molar-refractivity contribution in [3.63, 3.8) is 0 Å². The van der Waals surface area contributed by atoms with Crippen molar-refractivity contribution in [3.8, 4) is 0 Å². The average molecular weight is 327 g/mol. The third-order valence-corrected chi connectivity index (χ3v) is 3.36. The van der Waals surface area contributed by atoms with Crippen molar-refractivity contribution in [2.45, 2.75) is 25.8 Å². The van der Waals surface area contributed by atoms with Gasteiger partial charge < -0.3 is 10.1 Å². The molecule has 2 heterocycles. The number of rotatable bonds is 8. The second-order valence-electron chi connectivity index (χ2n) is 4.42. The van der Waals surface area contributed by atoms with E-state index in [2.05, 4.69) is 35.6 Å². The molecule has 0 spiro atoms. The van der Waals surface area contributed by atoms with E-state index in [1.54, 1.807) is 13.3 Å². The molecule has 0 unspecified atom stereocenters. The minimum atomic E-state index is 0.818. The van der Waals surface area contributed by atoms with Crippen LogP contribution in [0.1, 0.15) is 25.0 Å². The molecule has 0 atom stereocenters. The van der Waals surface area contributed by atoms with E-state index in [0.717, 1.165) is 42.1 Å². The first-order chi connectivity index (χ1) is 9.31. The molecule has 5 nitrogen and oxygen atoms in total. The van der Waals surface area contributed by atoms with Crippen LogP contribution in [0.2, 0.25) is 0 Å². The smallest absolute Gasteiger partial charge is 0.155 e. The number of ether oxygens (including phenoxy) is 1. The van der Waals surface area contributed by atoms with Gasteiger partial charge in [-0.05, 0) is 41.7 Å². The van der Waals surface area contributed by atoms with Crippen LogP contribution >= 0.6 is 15.9 Å². The second kappa shape index (κ2) is 7.57. The van der Waals surface area contributed by atoms with Gasteiger partial charge in [-0.15, -0.1) is 0 Å². The number of methoxy groups -OCH3 is 1. The van der Waals surface area contributed by atoms with Crippen molar-refractivity contribution in [3.05, 3.63) is 28.9 Å². The Morgan fingerprint density at radius 1 is 1.26 bits per heavy atom. The maximum atomic E-state index is 5.02. The van der Waals surface area contributed by atoms with Crippen molar-refractivity contribution in [2.24, 2.45) is 0 Å². The number of fused-ring (bicyclic) bond motifs is 1. The van der Waals surface area contributed by atoms with Gasteiger partial charge in [-0.3, -0.25) is 4.40 Å². The number of aromatic nitrogens is 3. The highest BCUT2D eigenvalue weighted by molar-refractivity contribution is 9.10. The van der Waals surface area contributed by atoms with Crippen molar-refractivity contribution in [1.29, 1.82) is 0 Å². The van der Waals surface area contributed by atoms with Crippen LogP contribution in [0.5, 0.6) is 0 Å². The van der Waals surface area contributed by atoms with Crippen LogP contribution in [0.3, 0.4) is 0 Å². The van der Waals surface area contributed by atoms with Crippen molar-refractivity contribution >= 4 is 21.6 Å². The van der Waals surface area contributed by atoms with Crippen molar-refractivity contribution in [2.75, 3.05) is 20.3 Å². The number of hydrogen-bond donors (Lipinski definition) is 1. The van der Waals surface area contributed by atoms with Gasteiger partial charge in [0.05, 0.1) is 18.1 Å². The predicted molar refractivity (Wildman–Crippen MR) is 78.1 cm³/mol. The molecule has 0 aliphatic heterocycles. The molecule has 0 saturated carbocycles. The van der Waals surface area contributed by atoms with Crippen LogP contribution in [0.25, 0.3) is 5.65 Å². The Hall–Kier alpha value is -0.980. The predicted octanol–water partition coefficient (Wildman–Crippen LogP) is 2.40. The molecule has 0 aromatic carbocycles. The van der Waals surface area contributed by atoms with Crippen LogP contribution in [0.4, 0.5) is 0 Å². The molecule has 0 fully saturated rings. The summed E-state index contributed by atoms with van der Waals surface area (Å²) in [5, 5.41) is 3.44. The maximum Gasteiger partial charge on any atom is 0.155 e. The molecule has 104 valence electrons. The first-order valence-corrected chi connectivity index (χ1v) is 7.27. The summed E-state index contributed by atoms with van der Waals surface area (Å²) in [6, 6.07) is 0. The Morgan fingerprint density at radius 2 is 2.16 bits per heavy atom. The zero-order chi connectivity index (χ0) is 13.5. The SMILES string of the molecule is COCCCCCNCc1cnc2cnc(Br)cn12. The number of imidazole rings is 1. The summed E-state index contributed by atoms with van der Waals surface area (Å²) in [7, 11) is 1.75. The second-order valence-corrected chi connectivity index (χ2v) is 5.23. The summed E-state index contributed by atoms with van der Waals surface area (Å²) in [5.74, 6) is 0. The highest BCUT2D eigenvalue weighted by Crippen LogP contribution is 2.10. The van der Waals surface area contributed by atoms with E-state index in [0.29, 0.717) is 0 Å². The quantitative estimate of drug-likeness (QED) is 0.757. The molecule has 0 radical (unpaired) electrons. The molecule has 19 heavy (non-hydrogen) atoms. The molecule has 0 saturated heterocycles.